The molecule has 1 N–H and O–H groups in total. The SMILES string of the molecule is C=CCN(CCC)C(=O)[C@@H]1[C@H]2C(=O)N([C@H](C)CO)C(C(=O)N(CC=C)c3cc(C)ccc3C)C23S[C@@H]1CC3C. The van der Waals surface area contributed by atoms with Gasteiger partial charge in [0, 0.05) is 30.6 Å². The first kappa shape index (κ1) is 29.4. The Labute approximate surface area is 237 Å². The zero-order chi connectivity index (χ0) is 28.6. The maximum absolute atomic E-state index is 14.7. The number of amides is 3. The second kappa shape index (κ2) is 11.5. The lowest BCUT2D eigenvalue weighted by Gasteiger charge is -2.42. The van der Waals surface area contributed by atoms with E-state index in [-0.39, 0.29) is 35.5 Å². The molecule has 8 heteroatoms. The van der Waals surface area contributed by atoms with Crippen molar-refractivity contribution in [3.8, 4) is 0 Å². The fraction of sp³-hybridized carbons (Fsp3) is 0.581. The third-order valence-corrected chi connectivity index (χ3v) is 10.9. The van der Waals surface area contributed by atoms with Gasteiger partial charge in [0.15, 0.2) is 0 Å². The van der Waals surface area contributed by atoms with Crippen molar-refractivity contribution in [2.75, 3.05) is 31.1 Å². The molecule has 212 valence electrons. The summed E-state index contributed by atoms with van der Waals surface area (Å²) in [6.45, 7) is 18.7. The Morgan fingerprint density at radius 2 is 1.92 bits per heavy atom. The lowest BCUT2D eigenvalue weighted by atomic mass is 9.65. The average molecular weight is 554 g/mol. The molecule has 7 nitrogen and oxygen atoms in total. The van der Waals surface area contributed by atoms with Crippen molar-refractivity contribution in [3.05, 3.63) is 54.6 Å². The summed E-state index contributed by atoms with van der Waals surface area (Å²) < 4.78 is -0.744. The quantitative estimate of drug-likeness (QED) is 0.420. The molecule has 3 aliphatic rings. The second-order valence-electron chi connectivity index (χ2n) is 11.4. The number of nitrogens with zero attached hydrogens (tertiary/aromatic N) is 3. The number of benzene rings is 1. The van der Waals surface area contributed by atoms with Gasteiger partial charge < -0.3 is 19.8 Å². The molecule has 3 heterocycles. The summed E-state index contributed by atoms with van der Waals surface area (Å²) in [7, 11) is 0. The maximum Gasteiger partial charge on any atom is 0.251 e. The number of thioether (sulfide) groups is 1. The molecule has 0 aliphatic carbocycles. The van der Waals surface area contributed by atoms with Gasteiger partial charge in [-0.3, -0.25) is 14.4 Å². The Balaban J connectivity index is 1.84. The van der Waals surface area contributed by atoms with Gasteiger partial charge in [0.25, 0.3) is 5.91 Å². The number of carbonyl (C=O) groups is 3. The molecule has 2 bridgehead atoms. The molecule has 39 heavy (non-hydrogen) atoms. The summed E-state index contributed by atoms with van der Waals surface area (Å²) in [5, 5.41) is 10.2. The van der Waals surface area contributed by atoms with Gasteiger partial charge in [-0.05, 0) is 56.7 Å². The Morgan fingerprint density at radius 3 is 2.54 bits per heavy atom. The summed E-state index contributed by atoms with van der Waals surface area (Å²) in [5.74, 6) is -1.44. The molecule has 3 unspecified atom stereocenters. The van der Waals surface area contributed by atoms with Crippen LogP contribution >= 0.6 is 11.8 Å². The van der Waals surface area contributed by atoms with E-state index in [4.69, 9.17) is 0 Å². The molecule has 0 saturated carbocycles. The van der Waals surface area contributed by atoms with Crippen LogP contribution in [0.15, 0.2) is 43.5 Å². The topological polar surface area (TPSA) is 81.2 Å². The number of carbonyl (C=O) groups excluding carboxylic acids is 3. The molecule has 1 aromatic rings. The van der Waals surface area contributed by atoms with Gasteiger partial charge in [0.2, 0.25) is 11.8 Å². The van der Waals surface area contributed by atoms with E-state index < -0.39 is 28.7 Å². The Kier molecular flexibility index (Phi) is 8.67. The van der Waals surface area contributed by atoms with Crippen LogP contribution in [-0.2, 0) is 14.4 Å². The van der Waals surface area contributed by atoms with E-state index in [1.54, 1.807) is 45.5 Å². The van der Waals surface area contributed by atoms with Crippen molar-refractivity contribution in [1.82, 2.24) is 9.80 Å². The number of aryl methyl sites for hydroxylation is 2. The van der Waals surface area contributed by atoms with Gasteiger partial charge >= 0.3 is 0 Å². The number of anilines is 1. The van der Waals surface area contributed by atoms with Crippen LogP contribution in [0.25, 0.3) is 0 Å². The predicted octanol–water partition coefficient (Wildman–Crippen LogP) is 3.97. The second-order valence-corrected chi connectivity index (χ2v) is 13.0. The summed E-state index contributed by atoms with van der Waals surface area (Å²) in [4.78, 5) is 48.2. The summed E-state index contributed by atoms with van der Waals surface area (Å²) in [5.41, 5.74) is 2.78. The molecule has 4 rings (SSSR count). The Bertz CT molecular complexity index is 1150. The van der Waals surface area contributed by atoms with Crippen LogP contribution in [0.5, 0.6) is 0 Å². The minimum atomic E-state index is -0.793. The van der Waals surface area contributed by atoms with Crippen molar-refractivity contribution in [3.63, 3.8) is 0 Å². The van der Waals surface area contributed by atoms with E-state index in [0.717, 1.165) is 29.7 Å². The molecule has 3 aliphatic heterocycles. The van der Waals surface area contributed by atoms with Gasteiger partial charge in [-0.15, -0.1) is 24.9 Å². The molecule has 3 amide bonds. The molecule has 7 atom stereocenters. The molecule has 3 saturated heterocycles. The van der Waals surface area contributed by atoms with Crippen molar-refractivity contribution in [1.29, 1.82) is 0 Å². The highest BCUT2D eigenvalue weighted by atomic mass is 32.2. The summed E-state index contributed by atoms with van der Waals surface area (Å²) >= 11 is 1.67. The van der Waals surface area contributed by atoms with E-state index in [1.165, 1.54) is 0 Å². The Hall–Kier alpha value is -2.58. The highest BCUT2D eigenvalue weighted by molar-refractivity contribution is 8.02. The van der Waals surface area contributed by atoms with Crippen LogP contribution in [0.2, 0.25) is 0 Å². The van der Waals surface area contributed by atoms with Crippen LogP contribution in [0, 0.1) is 31.6 Å². The number of hydrogen-bond donors (Lipinski definition) is 1. The van der Waals surface area contributed by atoms with Crippen LogP contribution in [-0.4, -0.2) is 80.9 Å². The van der Waals surface area contributed by atoms with Gasteiger partial charge in [-0.1, -0.05) is 38.1 Å². The monoisotopic (exact) mass is 553 g/mol. The number of hydrogen-bond acceptors (Lipinski definition) is 5. The standard InChI is InChI=1S/C31H43N3O4S/c1-8-13-32(14-9-2)28(36)25-24-17-21(6)31(39-24)26(25)29(37)34(22(7)18-35)27(31)30(38)33(15-10-3)23-16-19(4)11-12-20(23)5/h8,10-12,16,21-22,24-27,35H,1,3,9,13-15,17-18H2,2,4-7H3/t21?,22-,24-,25+,26+,27?,31?/m1/s1. The third-order valence-electron chi connectivity index (χ3n) is 8.83. The van der Waals surface area contributed by atoms with Crippen LogP contribution in [0.3, 0.4) is 0 Å². The molecule has 3 fully saturated rings. The van der Waals surface area contributed by atoms with E-state index in [9.17, 15) is 19.5 Å². The predicted molar refractivity (Wildman–Crippen MR) is 158 cm³/mol. The highest BCUT2D eigenvalue weighted by Gasteiger charge is 2.76. The van der Waals surface area contributed by atoms with E-state index in [1.807, 2.05) is 39.0 Å². The fourth-order valence-corrected chi connectivity index (χ4v) is 9.50. The van der Waals surface area contributed by atoms with Gasteiger partial charge in [0.1, 0.15) is 6.04 Å². The first-order chi connectivity index (χ1) is 18.6. The van der Waals surface area contributed by atoms with Crippen LogP contribution in [0.4, 0.5) is 5.69 Å². The van der Waals surface area contributed by atoms with Crippen molar-refractivity contribution in [2.45, 2.75) is 69.5 Å². The van der Waals surface area contributed by atoms with Crippen molar-refractivity contribution in [2.24, 2.45) is 17.8 Å². The zero-order valence-electron chi connectivity index (χ0n) is 23.9. The highest BCUT2D eigenvalue weighted by Crippen LogP contribution is 2.69. The normalized spacial score (nSPS) is 29.7. The minimum absolute atomic E-state index is 0.0245. The maximum atomic E-state index is 14.7. The van der Waals surface area contributed by atoms with Gasteiger partial charge in [-0.2, -0.15) is 0 Å². The number of likely N-dealkylation sites (tertiary alicyclic amines) is 1. The van der Waals surface area contributed by atoms with Crippen LogP contribution < -0.4 is 4.90 Å². The van der Waals surface area contributed by atoms with Crippen molar-refractivity contribution >= 4 is 35.2 Å². The number of fused-ring (bicyclic) bond motifs is 1. The smallest absolute Gasteiger partial charge is 0.251 e. The van der Waals surface area contributed by atoms with E-state index in [2.05, 4.69) is 20.1 Å². The molecule has 0 aromatic heterocycles. The van der Waals surface area contributed by atoms with Crippen molar-refractivity contribution < 1.29 is 19.5 Å². The Morgan fingerprint density at radius 1 is 1.23 bits per heavy atom. The third kappa shape index (κ3) is 4.63. The first-order valence-corrected chi connectivity index (χ1v) is 15.0. The summed E-state index contributed by atoms with van der Waals surface area (Å²) in [6.07, 6.45) is 5.02. The fourth-order valence-electron chi connectivity index (χ4n) is 7.11. The molecule has 0 radical (unpaired) electrons. The number of rotatable bonds is 11. The number of aliphatic hydroxyl groups is 1. The lowest BCUT2D eigenvalue weighted by molar-refractivity contribution is -0.145. The van der Waals surface area contributed by atoms with E-state index in [0.29, 0.717) is 19.6 Å². The largest absolute Gasteiger partial charge is 0.394 e. The van der Waals surface area contributed by atoms with Gasteiger partial charge in [0.05, 0.1) is 29.2 Å². The lowest BCUT2D eigenvalue weighted by Crippen LogP contribution is -2.59. The first-order valence-electron chi connectivity index (χ1n) is 14.1. The number of aliphatic hydroxyl groups excluding tert-OH is 1. The minimum Gasteiger partial charge on any atom is -0.394 e. The van der Waals surface area contributed by atoms with Crippen LogP contribution in [0.1, 0.15) is 44.7 Å². The summed E-state index contributed by atoms with van der Waals surface area (Å²) in [6, 6.07) is 4.66. The molecule has 1 spiro atoms. The van der Waals surface area contributed by atoms with Gasteiger partial charge in [-0.25, -0.2) is 0 Å². The molecule has 1 aromatic carbocycles. The molecular weight excluding hydrogens is 510 g/mol. The average Bonchev–Trinajstić information content (AvgIpc) is 3.51. The molecular formula is C31H43N3O4S. The zero-order valence-corrected chi connectivity index (χ0v) is 24.7. The van der Waals surface area contributed by atoms with E-state index >= 15 is 0 Å².